The van der Waals surface area contributed by atoms with Crippen molar-refractivity contribution in [3.05, 3.63) is 76.9 Å². The lowest BCUT2D eigenvalue weighted by molar-refractivity contribution is -0.193. The number of para-hydroxylation sites is 1. The number of aromatic nitrogens is 8. The number of anilines is 3. The molecule has 408 valence electrons. The number of primary amides is 1. The van der Waals surface area contributed by atoms with Crippen LogP contribution in [0.5, 0.6) is 0 Å². The van der Waals surface area contributed by atoms with Gasteiger partial charge in [-0.1, -0.05) is 6.07 Å². The molecule has 4 heterocycles. The van der Waals surface area contributed by atoms with Crippen LogP contribution in [0.15, 0.2) is 48.5 Å². The Kier molecular flexibility index (Phi) is 20.6. The summed E-state index contributed by atoms with van der Waals surface area (Å²) in [5.74, 6) is -9.11. The van der Waals surface area contributed by atoms with E-state index in [1.165, 1.54) is 0 Å². The van der Waals surface area contributed by atoms with Gasteiger partial charge in [-0.3, -0.25) is 39.2 Å². The number of aryl methyl sites for hydroxylation is 6. The number of hydrogen-bond acceptors (Lipinski definition) is 12. The maximum absolute atomic E-state index is 13.6. The van der Waals surface area contributed by atoms with Gasteiger partial charge in [-0.2, -0.15) is 49.7 Å². The van der Waals surface area contributed by atoms with Crippen LogP contribution in [0.25, 0.3) is 22.1 Å². The van der Waals surface area contributed by atoms with Crippen molar-refractivity contribution < 1.29 is 88.4 Å². The number of benzene rings is 2. The Labute approximate surface area is 417 Å². The van der Waals surface area contributed by atoms with Crippen LogP contribution in [0.2, 0.25) is 0 Å². The first-order valence-electron chi connectivity index (χ1n) is 21.6. The van der Waals surface area contributed by atoms with Gasteiger partial charge in [0.2, 0.25) is 23.7 Å². The van der Waals surface area contributed by atoms with E-state index in [0.717, 1.165) is 22.4 Å². The first kappa shape index (κ1) is 60.7. The van der Waals surface area contributed by atoms with Gasteiger partial charge < -0.3 is 40.4 Å². The first-order chi connectivity index (χ1) is 34.7. The summed E-state index contributed by atoms with van der Waals surface area (Å²) in [5, 5.41) is 39.1. The maximum atomic E-state index is 13.6. The third-order valence-corrected chi connectivity index (χ3v) is 9.61. The van der Waals surface area contributed by atoms with E-state index >= 15 is 0 Å². The Morgan fingerprint density at radius 1 is 0.627 bits per heavy atom. The summed E-state index contributed by atoms with van der Waals surface area (Å²) in [6.07, 6.45) is -14.0. The Morgan fingerprint density at radius 3 is 1.45 bits per heavy atom. The number of imidazole rings is 2. The number of rotatable bonds is 15. The number of carbonyl (C=O) groups excluding carboxylic acids is 4. The highest BCUT2D eigenvalue weighted by molar-refractivity contribution is 6.05. The number of aliphatic carboxylic acids is 3. The Morgan fingerprint density at radius 2 is 1.05 bits per heavy atom. The lowest BCUT2D eigenvalue weighted by Crippen LogP contribution is -2.27. The van der Waals surface area contributed by atoms with Crippen LogP contribution in [-0.4, -0.2) is 140 Å². The normalized spacial score (nSPS) is 11.4. The number of likely N-dealkylation sites (N-methyl/N-ethyl adjacent to an activating group) is 1. The second-order valence-corrected chi connectivity index (χ2v) is 15.7. The van der Waals surface area contributed by atoms with Gasteiger partial charge in [0.1, 0.15) is 16.9 Å². The molecule has 0 saturated carbocycles. The standard InChI is InChI=1S/C37H45N13O4.3C2HF3O2/c1-7-49-29(18-22(3)44-49)34(53)42-36-40-26-20-24(33(38)52)14-15-27(26)47(36)16-9-10-17-48-28-13-11-12-25(39-31(51)21-46(5)6)32(28)41-37(48)43-35(54)30-19-23(4)45-50(30)8-2;3*3-2(4,5)1(6)7/h11-15,18-20H,7-10,16-17,21H2,1-6H3,(H2,38,52)(H,39,51)(H,40,42,53)(H,41,43,54);3*(H,6,7). The largest absolute Gasteiger partial charge is 0.490 e. The molecule has 0 aliphatic heterocycles. The Balaban J connectivity index is 0.000000592. The highest BCUT2D eigenvalue weighted by atomic mass is 19.4. The molecule has 2 aromatic carbocycles. The lowest BCUT2D eigenvalue weighted by Gasteiger charge is -2.13. The van der Waals surface area contributed by atoms with E-state index in [1.54, 1.807) is 50.7 Å². The van der Waals surface area contributed by atoms with Crippen molar-refractivity contribution in [2.45, 2.75) is 85.2 Å². The second-order valence-electron chi connectivity index (χ2n) is 15.7. The molecule has 0 fully saturated rings. The summed E-state index contributed by atoms with van der Waals surface area (Å²) in [7, 11) is 3.63. The smallest absolute Gasteiger partial charge is 0.475 e. The van der Waals surface area contributed by atoms with Gasteiger partial charge in [0.25, 0.3) is 11.8 Å². The number of fused-ring (bicyclic) bond motifs is 2. The minimum atomic E-state index is -5.08. The summed E-state index contributed by atoms with van der Waals surface area (Å²) < 4.78 is 102. The van der Waals surface area contributed by atoms with Crippen LogP contribution in [-0.2, 0) is 45.4 Å². The monoisotopic (exact) mass is 1080 g/mol. The van der Waals surface area contributed by atoms with E-state index in [9.17, 15) is 58.7 Å². The van der Waals surface area contributed by atoms with Crippen molar-refractivity contribution in [2.24, 2.45) is 5.73 Å². The van der Waals surface area contributed by atoms with E-state index in [4.69, 9.17) is 40.4 Å². The fourth-order valence-corrected chi connectivity index (χ4v) is 6.46. The zero-order valence-electron chi connectivity index (χ0n) is 40.3. The van der Waals surface area contributed by atoms with E-state index < -0.39 is 42.3 Å². The molecule has 4 amide bonds. The number of carbonyl (C=O) groups is 7. The van der Waals surface area contributed by atoms with Crippen LogP contribution in [0.4, 0.5) is 57.1 Å². The molecule has 0 bridgehead atoms. The predicted octanol–water partition coefficient (Wildman–Crippen LogP) is 5.92. The third-order valence-electron chi connectivity index (χ3n) is 9.61. The molecule has 8 N–H and O–H groups in total. The molecule has 6 aromatic rings. The van der Waals surface area contributed by atoms with Crippen molar-refractivity contribution in [1.82, 2.24) is 43.6 Å². The average Bonchev–Trinajstić information content (AvgIpc) is 4.06. The fraction of sp³-hybridized carbons (Fsp3) is 0.372. The summed E-state index contributed by atoms with van der Waals surface area (Å²) in [5.41, 5.74) is 11.2. The van der Waals surface area contributed by atoms with Crippen molar-refractivity contribution in [3.8, 4) is 0 Å². The number of carboxylic acid groups (broad SMARTS) is 3. The van der Waals surface area contributed by atoms with E-state index in [1.807, 2.05) is 63.1 Å². The number of nitrogens with zero attached hydrogens (tertiary/aromatic N) is 9. The molecule has 0 saturated heterocycles. The highest BCUT2D eigenvalue weighted by Gasteiger charge is 2.39. The van der Waals surface area contributed by atoms with Gasteiger partial charge in [0.05, 0.1) is 40.2 Å². The van der Waals surface area contributed by atoms with E-state index in [-0.39, 0.29) is 24.3 Å². The number of hydrogen-bond donors (Lipinski definition) is 7. The van der Waals surface area contributed by atoms with Crippen molar-refractivity contribution in [1.29, 1.82) is 0 Å². The van der Waals surface area contributed by atoms with Crippen LogP contribution in [0, 0.1) is 13.8 Å². The quantitative estimate of drug-likeness (QED) is 0.0464. The molecule has 0 unspecified atom stereocenters. The molecule has 0 aliphatic rings. The minimum absolute atomic E-state index is 0.192. The number of unbranched alkanes of at least 4 members (excludes halogenated alkanes) is 1. The summed E-state index contributed by atoms with van der Waals surface area (Å²) in [6.45, 7) is 9.64. The number of alkyl halides is 9. The molecular formula is C43H48F9N13O10. The van der Waals surface area contributed by atoms with Gasteiger partial charge in [-0.15, -0.1) is 0 Å². The molecule has 6 rings (SSSR count). The Bertz CT molecular complexity index is 2990. The SMILES string of the molecule is CCn1nc(C)cc1C(=O)Nc1nc2cc(C(N)=O)ccc2n1CCCCn1c(NC(=O)c2cc(C)nn2CC)nc2c(NC(=O)CN(C)C)cccc21.O=C(O)C(F)(F)F.O=C(O)C(F)(F)F.O=C(O)C(F)(F)F. The van der Waals surface area contributed by atoms with Gasteiger partial charge in [-0.05, 0) is 97.1 Å². The van der Waals surface area contributed by atoms with Crippen molar-refractivity contribution >= 4 is 81.2 Å². The molecule has 0 radical (unpaired) electrons. The number of halogens is 9. The molecule has 4 aromatic heterocycles. The number of amides is 4. The van der Waals surface area contributed by atoms with Crippen molar-refractivity contribution in [2.75, 3.05) is 36.6 Å². The first-order valence-corrected chi connectivity index (χ1v) is 21.6. The second kappa shape index (κ2) is 25.4. The average molecular weight is 1080 g/mol. The van der Waals surface area contributed by atoms with E-state index in [0.29, 0.717) is 84.6 Å². The molecule has 0 spiro atoms. The molecule has 32 heteroatoms. The van der Waals surface area contributed by atoms with Gasteiger partial charge in [-0.25, -0.2) is 24.4 Å². The highest BCUT2D eigenvalue weighted by Crippen LogP contribution is 2.29. The summed E-state index contributed by atoms with van der Waals surface area (Å²) in [6, 6.07) is 14.0. The van der Waals surface area contributed by atoms with Crippen molar-refractivity contribution in [3.63, 3.8) is 0 Å². The summed E-state index contributed by atoms with van der Waals surface area (Å²) in [4.78, 5) is 89.7. The zero-order valence-corrected chi connectivity index (χ0v) is 40.3. The van der Waals surface area contributed by atoms with Crippen LogP contribution in [0.3, 0.4) is 0 Å². The molecule has 0 aliphatic carbocycles. The Hall–Kier alpha value is -8.58. The maximum Gasteiger partial charge on any atom is 0.490 e. The lowest BCUT2D eigenvalue weighted by atomic mass is 10.2. The fourth-order valence-electron chi connectivity index (χ4n) is 6.46. The van der Waals surface area contributed by atoms with Crippen LogP contribution >= 0.6 is 0 Å². The number of nitrogens with two attached hydrogens (primary N) is 1. The van der Waals surface area contributed by atoms with Crippen LogP contribution < -0.4 is 21.7 Å². The predicted molar refractivity (Wildman–Crippen MR) is 247 cm³/mol. The molecule has 75 heavy (non-hydrogen) atoms. The van der Waals surface area contributed by atoms with Crippen LogP contribution in [0.1, 0.15) is 69.4 Å². The molecule has 0 atom stereocenters. The van der Waals surface area contributed by atoms with E-state index in [2.05, 4.69) is 31.1 Å². The third kappa shape index (κ3) is 17.3. The zero-order chi connectivity index (χ0) is 56.9. The van der Waals surface area contributed by atoms with Gasteiger partial charge >= 0.3 is 36.4 Å². The molecular weight excluding hydrogens is 1030 g/mol. The minimum Gasteiger partial charge on any atom is -0.475 e. The number of nitrogens with one attached hydrogen (secondary N) is 3. The number of carboxylic acids is 3. The topological polar surface area (TPSA) is 317 Å². The van der Waals surface area contributed by atoms with Gasteiger partial charge in [0, 0.05) is 31.7 Å². The molecule has 23 nitrogen and oxygen atoms in total. The summed E-state index contributed by atoms with van der Waals surface area (Å²) >= 11 is 0. The van der Waals surface area contributed by atoms with Gasteiger partial charge in [0.15, 0.2) is 0 Å².